The molecule has 8 nitrogen and oxygen atoms in total. The van der Waals surface area contributed by atoms with Crippen LogP contribution < -0.4 is 5.32 Å². The van der Waals surface area contributed by atoms with Crippen LogP contribution >= 0.6 is 22.6 Å². The van der Waals surface area contributed by atoms with Gasteiger partial charge in [-0.25, -0.2) is 9.78 Å². The van der Waals surface area contributed by atoms with E-state index in [1.807, 2.05) is 38.1 Å². The van der Waals surface area contributed by atoms with E-state index >= 15 is 0 Å². The zero-order valence-electron chi connectivity index (χ0n) is 18.9. The molecule has 2 atom stereocenters. The summed E-state index contributed by atoms with van der Waals surface area (Å²) >= 11 is 2.25. The van der Waals surface area contributed by atoms with Crippen molar-refractivity contribution in [1.29, 1.82) is 0 Å². The molecule has 1 unspecified atom stereocenters. The fourth-order valence-electron chi connectivity index (χ4n) is 3.66. The molecule has 2 N–H and O–H groups in total. The third-order valence-corrected chi connectivity index (χ3v) is 5.77. The summed E-state index contributed by atoms with van der Waals surface area (Å²) in [6.07, 6.45) is 1.95. The monoisotopic (exact) mass is 552 g/mol. The van der Waals surface area contributed by atoms with Gasteiger partial charge < -0.3 is 15.0 Å². The number of nitrogens with zero attached hydrogens (tertiary/aromatic N) is 2. The number of benzene rings is 1. The molecule has 3 amide bonds. The van der Waals surface area contributed by atoms with E-state index in [1.165, 1.54) is 4.90 Å². The molecule has 0 spiro atoms. The summed E-state index contributed by atoms with van der Waals surface area (Å²) in [5, 5.41) is 2.71. The lowest BCUT2D eigenvalue weighted by Crippen LogP contribution is -2.38. The van der Waals surface area contributed by atoms with Crippen molar-refractivity contribution in [2.45, 2.75) is 65.1 Å². The first kappa shape index (κ1) is 24.2. The number of ether oxygens (including phenoxy) is 1. The van der Waals surface area contributed by atoms with Crippen LogP contribution in [0, 0.1) is 9.49 Å². The van der Waals surface area contributed by atoms with Crippen molar-refractivity contribution in [2.24, 2.45) is 5.92 Å². The fourth-order valence-corrected chi connectivity index (χ4v) is 4.02. The first-order valence-electron chi connectivity index (χ1n) is 10.6. The molecule has 1 aromatic heterocycles. The summed E-state index contributed by atoms with van der Waals surface area (Å²) in [7, 11) is 0. The Kier molecular flexibility index (Phi) is 7.26. The van der Waals surface area contributed by atoms with Gasteiger partial charge in [-0.15, -0.1) is 0 Å². The van der Waals surface area contributed by atoms with E-state index in [0.717, 1.165) is 14.8 Å². The maximum absolute atomic E-state index is 13.1. The number of rotatable bonds is 7. The van der Waals surface area contributed by atoms with Crippen molar-refractivity contribution in [3.63, 3.8) is 0 Å². The van der Waals surface area contributed by atoms with Crippen LogP contribution in [0.2, 0.25) is 0 Å². The Morgan fingerprint density at radius 2 is 1.88 bits per heavy atom. The van der Waals surface area contributed by atoms with Gasteiger partial charge in [-0.05, 0) is 73.4 Å². The highest BCUT2D eigenvalue weighted by Gasteiger charge is 2.44. The molecule has 1 aliphatic heterocycles. The number of esters is 1. The third kappa shape index (κ3) is 5.67. The Hall–Kier alpha value is -2.43. The second-order valence-corrected chi connectivity index (χ2v) is 10.5. The molecule has 3 rings (SSSR count). The Bertz CT molecular complexity index is 994. The van der Waals surface area contributed by atoms with E-state index in [4.69, 9.17) is 4.74 Å². The van der Waals surface area contributed by atoms with Crippen LogP contribution in [0.15, 0.2) is 30.5 Å². The number of hydrogen-bond donors (Lipinski definition) is 2. The highest BCUT2D eigenvalue weighted by Crippen LogP contribution is 2.32. The summed E-state index contributed by atoms with van der Waals surface area (Å²) in [6, 6.07) is 6.20. The summed E-state index contributed by atoms with van der Waals surface area (Å²) in [5.41, 5.74) is 1.19. The number of H-pyrrole nitrogens is 1. The lowest BCUT2D eigenvalue weighted by Gasteiger charge is -2.27. The molecule has 0 radical (unpaired) electrons. The molecule has 2 aromatic rings. The van der Waals surface area contributed by atoms with Crippen LogP contribution in [-0.2, 0) is 14.3 Å². The van der Waals surface area contributed by atoms with Gasteiger partial charge in [0, 0.05) is 9.99 Å². The average Bonchev–Trinajstić information content (AvgIpc) is 3.26. The molecule has 172 valence electrons. The highest BCUT2D eigenvalue weighted by atomic mass is 127. The van der Waals surface area contributed by atoms with Gasteiger partial charge in [0.15, 0.2) is 0 Å². The number of imidazole rings is 1. The van der Waals surface area contributed by atoms with E-state index in [0.29, 0.717) is 5.82 Å². The maximum atomic E-state index is 13.1. The van der Waals surface area contributed by atoms with Crippen molar-refractivity contribution >= 4 is 40.5 Å². The Morgan fingerprint density at radius 1 is 1.22 bits per heavy atom. The molecule has 1 aliphatic rings. The Labute approximate surface area is 201 Å². The van der Waals surface area contributed by atoms with E-state index in [2.05, 4.69) is 37.9 Å². The molecule has 0 saturated carbocycles. The number of amides is 3. The second kappa shape index (κ2) is 9.60. The molecule has 1 fully saturated rings. The lowest BCUT2D eigenvalue weighted by atomic mass is 10.0. The zero-order chi connectivity index (χ0) is 23.6. The number of carbonyl (C=O) groups is 3. The van der Waals surface area contributed by atoms with Gasteiger partial charge >= 0.3 is 12.0 Å². The minimum atomic E-state index is -0.762. The van der Waals surface area contributed by atoms with Crippen molar-refractivity contribution in [2.75, 3.05) is 0 Å². The molecule has 1 aromatic carbocycles. The van der Waals surface area contributed by atoms with E-state index in [9.17, 15) is 14.4 Å². The van der Waals surface area contributed by atoms with Gasteiger partial charge in [0.25, 0.3) is 5.91 Å². The Balaban J connectivity index is 1.75. The predicted octanol–water partition coefficient (Wildman–Crippen LogP) is 4.42. The molecule has 1 saturated heterocycles. The van der Waals surface area contributed by atoms with Crippen molar-refractivity contribution in [1.82, 2.24) is 20.2 Å². The maximum Gasteiger partial charge on any atom is 0.325 e. The molecule has 32 heavy (non-hydrogen) atoms. The zero-order valence-corrected chi connectivity index (χ0v) is 21.1. The molecule has 0 bridgehead atoms. The van der Waals surface area contributed by atoms with Crippen LogP contribution in [-0.4, -0.2) is 44.4 Å². The molecule has 2 heterocycles. The van der Waals surface area contributed by atoms with Crippen molar-refractivity contribution < 1.29 is 19.1 Å². The van der Waals surface area contributed by atoms with Crippen LogP contribution in [0.4, 0.5) is 4.79 Å². The number of nitrogens with one attached hydrogen (secondary N) is 2. The topological polar surface area (TPSA) is 104 Å². The molecular formula is C23H29IN4O4. The number of carbonyl (C=O) groups excluding carboxylic acids is 3. The van der Waals surface area contributed by atoms with E-state index < -0.39 is 29.7 Å². The van der Waals surface area contributed by atoms with Gasteiger partial charge in [0.2, 0.25) is 0 Å². The van der Waals surface area contributed by atoms with Crippen molar-refractivity contribution in [3.05, 3.63) is 39.9 Å². The summed E-state index contributed by atoms with van der Waals surface area (Å²) in [6.45, 7) is 9.24. The van der Waals surface area contributed by atoms with E-state index in [-0.39, 0.29) is 24.7 Å². The molecule has 9 heteroatoms. The first-order valence-corrected chi connectivity index (χ1v) is 11.7. The van der Waals surface area contributed by atoms with Crippen LogP contribution in [0.25, 0.3) is 11.3 Å². The lowest BCUT2D eigenvalue weighted by molar-refractivity contribution is -0.155. The smallest absolute Gasteiger partial charge is 0.325 e. The highest BCUT2D eigenvalue weighted by molar-refractivity contribution is 14.1. The minimum Gasteiger partial charge on any atom is -0.460 e. The predicted molar refractivity (Wildman–Crippen MR) is 129 cm³/mol. The van der Waals surface area contributed by atoms with Gasteiger partial charge in [0.05, 0.1) is 11.9 Å². The SMILES string of the molecule is CC(C)[C@@H](c1ncc(-c2ccc(I)cc2)[nH]1)N1C(=O)NC(CCC(=O)OC(C)(C)C)C1=O. The third-order valence-electron chi connectivity index (χ3n) is 5.05. The van der Waals surface area contributed by atoms with Gasteiger partial charge in [-0.2, -0.15) is 0 Å². The van der Waals surface area contributed by atoms with Crippen LogP contribution in [0.1, 0.15) is 59.3 Å². The van der Waals surface area contributed by atoms with Gasteiger partial charge in [-0.1, -0.05) is 26.0 Å². The van der Waals surface area contributed by atoms with Crippen LogP contribution in [0.3, 0.4) is 0 Å². The quantitative estimate of drug-likeness (QED) is 0.301. The standard InChI is InChI=1S/C23H29IN4O4/c1-13(2)19(20-25-12-17(26-20)14-6-8-15(24)9-7-14)28-21(30)16(27-22(28)31)10-11-18(29)32-23(3,4)5/h6-9,12-13,16,19H,10-11H2,1-5H3,(H,25,26)(H,27,31)/t16?,19-/m0/s1. The number of aromatic nitrogens is 2. The average molecular weight is 552 g/mol. The molecular weight excluding hydrogens is 523 g/mol. The first-order chi connectivity index (χ1) is 15.0. The number of urea groups is 1. The van der Waals surface area contributed by atoms with Gasteiger partial charge in [-0.3, -0.25) is 14.5 Å². The number of imide groups is 1. The summed E-state index contributed by atoms with van der Waals surface area (Å²) in [5.74, 6) is -0.272. The van der Waals surface area contributed by atoms with Crippen molar-refractivity contribution in [3.8, 4) is 11.3 Å². The minimum absolute atomic E-state index is 0.0475. The Morgan fingerprint density at radius 3 is 2.47 bits per heavy atom. The van der Waals surface area contributed by atoms with Gasteiger partial charge in [0.1, 0.15) is 23.5 Å². The van der Waals surface area contributed by atoms with E-state index in [1.54, 1.807) is 27.0 Å². The molecule has 0 aliphatic carbocycles. The van der Waals surface area contributed by atoms with Crippen LogP contribution in [0.5, 0.6) is 0 Å². The summed E-state index contributed by atoms with van der Waals surface area (Å²) in [4.78, 5) is 46.8. The number of halogens is 1. The normalized spacial score (nSPS) is 17.6. The fraction of sp³-hybridized carbons (Fsp3) is 0.478. The summed E-state index contributed by atoms with van der Waals surface area (Å²) < 4.78 is 6.43. The second-order valence-electron chi connectivity index (χ2n) is 9.21. The number of aromatic amines is 1. The largest absolute Gasteiger partial charge is 0.460 e. The number of hydrogen-bond acceptors (Lipinski definition) is 5.